The Morgan fingerprint density at radius 2 is 1.67 bits per heavy atom. The second kappa shape index (κ2) is 5.60. The first kappa shape index (κ1) is 12.6. The minimum absolute atomic E-state index is 0.277. The van der Waals surface area contributed by atoms with Crippen molar-refractivity contribution in [3.05, 3.63) is 29.8 Å². The van der Waals surface area contributed by atoms with Crippen molar-refractivity contribution in [1.29, 1.82) is 0 Å². The van der Waals surface area contributed by atoms with E-state index in [9.17, 15) is 0 Å². The number of unbranched alkanes of at least 4 members (excludes halogenated alkanes) is 1. The van der Waals surface area contributed by atoms with Gasteiger partial charge in [-0.25, -0.2) is 0 Å². The van der Waals surface area contributed by atoms with Crippen molar-refractivity contribution in [2.24, 2.45) is 0 Å². The molecule has 1 heteroatoms. The molecule has 1 aromatic carbocycles. The summed E-state index contributed by atoms with van der Waals surface area (Å²) in [4.78, 5) is 1.46. The topological polar surface area (TPSA) is 0 Å². The Labute approximate surface area is 98.5 Å². The molecule has 0 aromatic heterocycles. The summed E-state index contributed by atoms with van der Waals surface area (Å²) in [5.41, 5.74) is 1.70. The van der Waals surface area contributed by atoms with Crippen LogP contribution >= 0.6 is 0 Å². The number of hydrogen-bond donors (Lipinski definition) is 0. The van der Waals surface area contributed by atoms with Crippen LogP contribution < -0.4 is 0 Å². The molecular formula is C14H23S+. The number of thiol groups is 1. The second-order valence-corrected chi connectivity index (χ2v) is 6.31. The van der Waals surface area contributed by atoms with E-state index in [-0.39, 0.29) is 5.41 Å². The van der Waals surface area contributed by atoms with E-state index in [4.69, 9.17) is 0 Å². The molecule has 0 aliphatic heterocycles. The fraction of sp³-hybridized carbons (Fsp3) is 0.571. The molecule has 0 aliphatic carbocycles. The molecule has 0 spiro atoms. The maximum atomic E-state index is 2.28. The van der Waals surface area contributed by atoms with Gasteiger partial charge in [0, 0.05) is 11.8 Å². The highest BCUT2D eigenvalue weighted by Crippen LogP contribution is 2.22. The van der Waals surface area contributed by atoms with E-state index in [0.29, 0.717) is 0 Å². The van der Waals surface area contributed by atoms with E-state index in [1.54, 1.807) is 0 Å². The second-order valence-electron chi connectivity index (χ2n) is 5.03. The summed E-state index contributed by atoms with van der Waals surface area (Å²) < 4.78 is 0. The highest BCUT2D eigenvalue weighted by Gasteiger charge is 2.13. The van der Waals surface area contributed by atoms with Crippen LogP contribution in [0.4, 0.5) is 0 Å². The third-order valence-electron chi connectivity index (χ3n) is 2.54. The Kier molecular flexibility index (Phi) is 4.72. The molecule has 15 heavy (non-hydrogen) atoms. The van der Waals surface area contributed by atoms with Gasteiger partial charge in [0.2, 0.25) is 0 Å². The van der Waals surface area contributed by atoms with Crippen LogP contribution in [0.2, 0.25) is 0 Å². The van der Waals surface area contributed by atoms with Crippen LogP contribution in [0.15, 0.2) is 29.2 Å². The monoisotopic (exact) mass is 223 g/mol. The molecule has 0 fully saturated rings. The molecule has 0 aliphatic rings. The Bertz CT molecular complexity index is 279. The fourth-order valence-corrected chi connectivity index (χ4v) is 2.53. The smallest absolute Gasteiger partial charge is 0.0652 e. The van der Waals surface area contributed by atoms with Gasteiger partial charge in [-0.15, -0.1) is 0 Å². The van der Waals surface area contributed by atoms with Crippen molar-refractivity contribution in [3.8, 4) is 0 Å². The standard InChI is InChI=1S/C14H22S/c1-5-6-11-15-13-9-7-12(8-10-13)14(2,3)4/h7-10H,5-6,11H2,1-4H3/p+1. The summed E-state index contributed by atoms with van der Waals surface area (Å²) in [7, 11) is 0. The fourth-order valence-electron chi connectivity index (χ4n) is 1.43. The van der Waals surface area contributed by atoms with Gasteiger partial charge in [0.1, 0.15) is 5.75 Å². The molecule has 0 bridgehead atoms. The Morgan fingerprint density at radius 3 is 2.13 bits per heavy atom. The number of rotatable bonds is 4. The molecule has 0 atom stereocenters. The maximum Gasteiger partial charge on any atom is 0.152 e. The van der Waals surface area contributed by atoms with Crippen LogP contribution in [0.25, 0.3) is 0 Å². The van der Waals surface area contributed by atoms with E-state index in [1.807, 2.05) is 0 Å². The predicted molar refractivity (Wildman–Crippen MR) is 71.9 cm³/mol. The van der Waals surface area contributed by atoms with Crippen LogP contribution in [-0.2, 0) is 17.2 Å². The minimum atomic E-state index is 0.277. The van der Waals surface area contributed by atoms with Crippen LogP contribution in [0, 0.1) is 0 Å². The summed E-state index contributed by atoms with van der Waals surface area (Å²) in [5.74, 6) is 1.30. The van der Waals surface area contributed by atoms with E-state index in [1.165, 1.54) is 40.8 Å². The minimum Gasteiger partial charge on any atom is -0.0652 e. The van der Waals surface area contributed by atoms with Crippen LogP contribution in [0.5, 0.6) is 0 Å². The van der Waals surface area contributed by atoms with Gasteiger partial charge < -0.3 is 0 Å². The van der Waals surface area contributed by atoms with Crippen molar-refractivity contribution >= 4 is 11.8 Å². The third kappa shape index (κ3) is 4.29. The Hall–Kier alpha value is -0.430. The van der Waals surface area contributed by atoms with Crippen molar-refractivity contribution in [2.45, 2.75) is 50.8 Å². The molecular weight excluding hydrogens is 200 g/mol. The lowest BCUT2D eigenvalue weighted by atomic mass is 9.87. The first-order valence-corrected chi connectivity index (χ1v) is 6.90. The van der Waals surface area contributed by atoms with Crippen molar-refractivity contribution in [2.75, 3.05) is 5.75 Å². The molecule has 0 nitrogen and oxygen atoms in total. The zero-order valence-corrected chi connectivity index (χ0v) is 11.3. The van der Waals surface area contributed by atoms with Crippen LogP contribution in [0.1, 0.15) is 46.1 Å². The van der Waals surface area contributed by atoms with Gasteiger partial charge in [-0.2, -0.15) is 0 Å². The van der Waals surface area contributed by atoms with Gasteiger partial charge in [0.25, 0.3) is 0 Å². The van der Waals surface area contributed by atoms with E-state index >= 15 is 0 Å². The first-order chi connectivity index (χ1) is 7.04. The summed E-state index contributed by atoms with van der Waals surface area (Å²) in [6, 6.07) is 9.10. The molecule has 0 unspecified atom stereocenters. The van der Waals surface area contributed by atoms with Gasteiger partial charge in [-0.05, 0) is 29.5 Å². The van der Waals surface area contributed by atoms with E-state index in [0.717, 1.165) is 0 Å². The average Bonchev–Trinajstić information content (AvgIpc) is 2.18. The molecule has 1 rings (SSSR count). The largest absolute Gasteiger partial charge is 0.152 e. The summed E-state index contributed by atoms with van der Waals surface area (Å²) in [6.45, 7) is 9.03. The molecule has 0 amide bonds. The highest BCUT2D eigenvalue weighted by molar-refractivity contribution is 7.78. The molecule has 0 saturated heterocycles. The molecule has 0 N–H and O–H groups in total. The normalized spacial score (nSPS) is 11.7. The quantitative estimate of drug-likeness (QED) is 0.412. The van der Waals surface area contributed by atoms with Crippen LogP contribution in [-0.4, -0.2) is 5.75 Å². The zero-order chi connectivity index (χ0) is 11.3. The predicted octanol–water partition coefficient (Wildman–Crippen LogP) is 3.96. The molecule has 0 radical (unpaired) electrons. The average molecular weight is 223 g/mol. The van der Waals surface area contributed by atoms with E-state index in [2.05, 4.69) is 52.0 Å². The lowest BCUT2D eigenvalue weighted by Crippen LogP contribution is -2.10. The highest BCUT2D eigenvalue weighted by atomic mass is 32.2. The van der Waals surface area contributed by atoms with Gasteiger partial charge in [-0.1, -0.05) is 46.2 Å². The summed E-state index contributed by atoms with van der Waals surface area (Å²) in [5, 5.41) is 0. The molecule has 1 aromatic rings. The van der Waals surface area contributed by atoms with Gasteiger partial charge in [0.15, 0.2) is 4.90 Å². The lowest BCUT2D eigenvalue weighted by Gasteiger charge is -2.18. The van der Waals surface area contributed by atoms with Crippen molar-refractivity contribution in [1.82, 2.24) is 0 Å². The summed E-state index contributed by atoms with van der Waals surface area (Å²) >= 11 is 1.48. The Morgan fingerprint density at radius 1 is 1.07 bits per heavy atom. The first-order valence-electron chi connectivity index (χ1n) is 5.82. The van der Waals surface area contributed by atoms with Crippen molar-refractivity contribution in [3.63, 3.8) is 0 Å². The van der Waals surface area contributed by atoms with E-state index < -0.39 is 0 Å². The SMILES string of the molecule is CCCC[SH+]c1ccc(C(C)(C)C)cc1. The van der Waals surface area contributed by atoms with Crippen LogP contribution in [0.3, 0.4) is 0 Å². The molecule has 0 heterocycles. The zero-order valence-electron chi connectivity index (χ0n) is 10.4. The maximum absolute atomic E-state index is 2.28. The third-order valence-corrected chi connectivity index (χ3v) is 3.74. The number of hydrogen-bond acceptors (Lipinski definition) is 0. The Balaban J connectivity index is 2.57. The molecule has 0 saturated carbocycles. The van der Waals surface area contributed by atoms with Crippen molar-refractivity contribution < 1.29 is 0 Å². The van der Waals surface area contributed by atoms with Gasteiger partial charge in [-0.3, -0.25) is 0 Å². The number of benzene rings is 1. The lowest BCUT2D eigenvalue weighted by molar-refractivity contribution is 0.590. The summed E-state index contributed by atoms with van der Waals surface area (Å²) in [6.07, 6.45) is 2.63. The van der Waals surface area contributed by atoms with Gasteiger partial charge >= 0.3 is 0 Å². The van der Waals surface area contributed by atoms with Gasteiger partial charge in [0.05, 0.1) is 0 Å². The molecule has 84 valence electrons.